The third kappa shape index (κ3) is 5.86. The Morgan fingerprint density at radius 3 is 2.53 bits per heavy atom. The van der Waals surface area contributed by atoms with Gasteiger partial charge in [0.2, 0.25) is 0 Å². The van der Waals surface area contributed by atoms with Crippen molar-refractivity contribution in [1.29, 1.82) is 0 Å². The second kappa shape index (κ2) is 9.58. The maximum atomic E-state index is 13.1. The standard InChI is InChI=1S/C24H32FN3O3S/c1-17-6-5-13-28(15-17)24(3,4)16-26-23(29)22-14-21(12-7-18(22)2)32(30,31)27-20-10-8-19(25)9-11-20/h7-12,14,17,27H,5-6,13,15-16H2,1-4H3,(H,26,29). The smallest absolute Gasteiger partial charge is 0.261 e. The molecular formula is C24H32FN3O3S. The highest BCUT2D eigenvalue weighted by molar-refractivity contribution is 7.92. The zero-order valence-corrected chi connectivity index (χ0v) is 19.9. The minimum atomic E-state index is -3.93. The van der Waals surface area contributed by atoms with Gasteiger partial charge in [-0.25, -0.2) is 12.8 Å². The number of likely N-dealkylation sites (tertiary alicyclic amines) is 1. The average molecular weight is 462 g/mol. The molecule has 1 aliphatic rings. The van der Waals surface area contributed by atoms with Crippen molar-refractivity contribution >= 4 is 21.6 Å². The summed E-state index contributed by atoms with van der Waals surface area (Å²) in [6, 6.07) is 9.50. The van der Waals surface area contributed by atoms with Crippen LogP contribution < -0.4 is 10.0 Å². The second-order valence-corrected chi connectivity index (χ2v) is 11.0. The van der Waals surface area contributed by atoms with Crippen molar-refractivity contribution in [3.05, 3.63) is 59.4 Å². The molecule has 0 aliphatic carbocycles. The number of halogens is 1. The molecule has 2 aromatic rings. The van der Waals surface area contributed by atoms with E-state index in [4.69, 9.17) is 0 Å². The van der Waals surface area contributed by atoms with E-state index in [0.717, 1.165) is 19.5 Å². The van der Waals surface area contributed by atoms with Gasteiger partial charge in [-0.05, 0) is 88.0 Å². The van der Waals surface area contributed by atoms with Crippen molar-refractivity contribution in [2.24, 2.45) is 5.92 Å². The Kier molecular flexibility index (Phi) is 7.25. The number of piperidine rings is 1. The Morgan fingerprint density at radius 1 is 1.19 bits per heavy atom. The Bertz CT molecular complexity index is 1070. The lowest BCUT2D eigenvalue weighted by Gasteiger charge is -2.43. The minimum Gasteiger partial charge on any atom is -0.350 e. The number of nitrogens with zero attached hydrogens (tertiary/aromatic N) is 1. The Hall–Kier alpha value is -2.45. The zero-order valence-electron chi connectivity index (χ0n) is 19.1. The van der Waals surface area contributed by atoms with Crippen molar-refractivity contribution in [2.75, 3.05) is 24.4 Å². The summed E-state index contributed by atoms with van der Waals surface area (Å²) < 4.78 is 41.1. The molecule has 1 saturated heterocycles. The number of hydrogen-bond donors (Lipinski definition) is 2. The van der Waals surface area contributed by atoms with Gasteiger partial charge in [0.05, 0.1) is 4.90 Å². The van der Waals surface area contributed by atoms with E-state index in [1.807, 2.05) is 0 Å². The van der Waals surface area contributed by atoms with E-state index in [0.29, 0.717) is 23.6 Å². The number of carbonyl (C=O) groups excluding carboxylic acids is 1. The highest BCUT2D eigenvalue weighted by atomic mass is 32.2. The van der Waals surface area contributed by atoms with Gasteiger partial charge in [0, 0.05) is 29.9 Å². The quantitative estimate of drug-likeness (QED) is 0.649. The number of nitrogens with one attached hydrogen (secondary N) is 2. The molecule has 1 heterocycles. The lowest BCUT2D eigenvalue weighted by molar-refractivity contribution is 0.0657. The summed E-state index contributed by atoms with van der Waals surface area (Å²) in [7, 11) is -3.93. The van der Waals surface area contributed by atoms with E-state index < -0.39 is 15.8 Å². The Labute approximate surface area is 190 Å². The van der Waals surface area contributed by atoms with Gasteiger partial charge in [-0.2, -0.15) is 0 Å². The number of rotatable bonds is 7. The maximum Gasteiger partial charge on any atom is 0.261 e. The molecule has 1 amide bonds. The summed E-state index contributed by atoms with van der Waals surface area (Å²) in [4.78, 5) is 15.3. The maximum absolute atomic E-state index is 13.1. The number of sulfonamides is 1. The van der Waals surface area contributed by atoms with Gasteiger partial charge in [0.1, 0.15) is 5.82 Å². The molecule has 174 valence electrons. The van der Waals surface area contributed by atoms with E-state index in [9.17, 15) is 17.6 Å². The molecule has 1 fully saturated rings. The second-order valence-electron chi connectivity index (χ2n) is 9.28. The van der Waals surface area contributed by atoms with E-state index in [1.54, 1.807) is 13.0 Å². The number of anilines is 1. The fourth-order valence-corrected chi connectivity index (χ4v) is 5.07. The van der Waals surface area contributed by atoms with Crippen LogP contribution >= 0.6 is 0 Å². The predicted molar refractivity (Wildman–Crippen MR) is 125 cm³/mol. The molecular weight excluding hydrogens is 429 g/mol. The molecule has 6 nitrogen and oxygen atoms in total. The van der Waals surface area contributed by atoms with Gasteiger partial charge < -0.3 is 5.32 Å². The van der Waals surface area contributed by atoms with E-state index in [1.165, 1.54) is 42.8 Å². The van der Waals surface area contributed by atoms with Crippen LogP contribution in [-0.4, -0.2) is 44.4 Å². The van der Waals surface area contributed by atoms with E-state index >= 15 is 0 Å². The van der Waals surface area contributed by atoms with Gasteiger partial charge in [-0.3, -0.25) is 14.4 Å². The minimum absolute atomic E-state index is 0.0262. The third-order valence-corrected chi connectivity index (χ3v) is 7.43. The number of benzene rings is 2. The van der Waals surface area contributed by atoms with E-state index in [2.05, 4.69) is 35.7 Å². The molecule has 2 aromatic carbocycles. The first kappa shape index (κ1) is 24.2. The number of aryl methyl sites for hydroxylation is 1. The molecule has 1 aliphatic heterocycles. The lowest BCUT2D eigenvalue weighted by atomic mass is 9.93. The van der Waals surface area contributed by atoms with Gasteiger partial charge in [-0.1, -0.05) is 13.0 Å². The number of amides is 1. The lowest BCUT2D eigenvalue weighted by Crippen LogP contribution is -2.54. The molecule has 0 spiro atoms. The molecule has 0 saturated carbocycles. The zero-order chi connectivity index (χ0) is 23.5. The van der Waals surface area contributed by atoms with Crippen LogP contribution in [0.2, 0.25) is 0 Å². The molecule has 32 heavy (non-hydrogen) atoms. The SMILES string of the molecule is Cc1ccc(S(=O)(=O)Nc2ccc(F)cc2)cc1C(=O)NCC(C)(C)N1CCCC(C)C1. The molecule has 8 heteroatoms. The van der Waals surface area contributed by atoms with Crippen LogP contribution in [-0.2, 0) is 10.0 Å². The summed E-state index contributed by atoms with van der Waals surface area (Å²) in [5.41, 5.74) is 1.05. The summed E-state index contributed by atoms with van der Waals surface area (Å²) in [5.74, 6) is -0.125. The third-order valence-electron chi connectivity index (χ3n) is 6.06. The van der Waals surface area contributed by atoms with Gasteiger partial charge in [-0.15, -0.1) is 0 Å². The molecule has 1 atom stereocenters. The predicted octanol–water partition coefficient (Wildman–Crippen LogP) is 4.18. The van der Waals surface area contributed by atoms with Crippen LogP contribution in [0, 0.1) is 18.7 Å². The summed E-state index contributed by atoms with van der Waals surface area (Å²) in [6.45, 7) is 10.7. The molecule has 1 unspecified atom stereocenters. The van der Waals surface area contributed by atoms with Gasteiger partial charge in [0.25, 0.3) is 15.9 Å². The number of carbonyl (C=O) groups is 1. The van der Waals surface area contributed by atoms with Crippen LogP contribution in [0.25, 0.3) is 0 Å². The molecule has 2 N–H and O–H groups in total. The molecule has 0 aromatic heterocycles. The van der Waals surface area contributed by atoms with Crippen molar-refractivity contribution in [2.45, 2.75) is 51.0 Å². The first-order valence-corrected chi connectivity index (χ1v) is 12.4. The monoisotopic (exact) mass is 461 g/mol. The van der Waals surface area contributed by atoms with Crippen LogP contribution in [0.5, 0.6) is 0 Å². The van der Waals surface area contributed by atoms with Gasteiger partial charge in [0.15, 0.2) is 0 Å². The van der Waals surface area contributed by atoms with Crippen molar-refractivity contribution < 1.29 is 17.6 Å². The largest absolute Gasteiger partial charge is 0.350 e. The first-order valence-electron chi connectivity index (χ1n) is 10.9. The van der Waals surface area contributed by atoms with Crippen molar-refractivity contribution in [1.82, 2.24) is 10.2 Å². The Balaban J connectivity index is 1.73. The topological polar surface area (TPSA) is 78.5 Å². The highest BCUT2D eigenvalue weighted by Crippen LogP contribution is 2.24. The van der Waals surface area contributed by atoms with Crippen molar-refractivity contribution in [3.63, 3.8) is 0 Å². The number of hydrogen-bond acceptors (Lipinski definition) is 4. The Morgan fingerprint density at radius 2 is 1.88 bits per heavy atom. The fraction of sp³-hybridized carbons (Fsp3) is 0.458. The first-order chi connectivity index (χ1) is 15.0. The van der Waals surface area contributed by atoms with Crippen LogP contribution in [0.1, 0.15) is 49.5 Å². The molecule has 3 rings (SSSR count). The van der Waals surface area contributed by atoms with Crippen LogP contribution in [0.4, 0.5) is 10.1 Å². The summed E-state index contributed by atoms with van der Waals surface area (Å²) in [6.07, 6.45) is 2.38. The summed E-state index contributed by atoms with van der Waals surface area (Å²) in [5, 5.41) is 2.99. The highest BCUT2D eigenvalue weighted by Gasteiger charge is 2.30. The summed E-state index contributed by atoms with van der Waals surface area (Å²) >= 11 is 0. The molecule has 0 radical (unpaired) electrons. The normalized spacial score (nSPS) is 17.7. The van der Waals surface area contributed by atoms with Gasteiger partial charge >= 0.3 is 0 Å². The molecule has 0 bridgehead atoms. The fourth-order valence-electron chi connectivity index (χ4n) is 3.99. The van der Waals surface area contributed by atoms with Crippen molar-refractivity contribution in [3.8, 4) is 0 Å². The van der Waals surface area contributed by atoms with Crippen LogP contribution in [0.3, 0.4) is 0 Å². The van der Waals surface area contributed by atoms with Crippen LogP contribution in [0.15, 0.2) is 47.4 Å². The van der Waals surface area contributed by atoms with E-state index in [-0.39, 0.29) is 22.0 Å². The average Bonchev–Trinajstić information content (AvgIpc) is 2.74.